The summed E-state index contributed by atoms with van der Waals surface area (Å²) >= 11 is 0. The van der Waals surface area contributed by atoms with Crippen molar-refractivity contribution in [2.75, 3.05) is 42.3 Å². The lowest BCUT2D eigenvalue weighted by molar-refractivity contribution is -0.884. The minimum Gasteiger partial charge on any atom is -0.907 e. The summed E-state index contributed by atoms with van der Waals surface area (Å²) in [4.78, 5) is 0. The van der Waals surface area contributed by atoms with Gasteiger partial charge in [-0.3, -0.25) is 7.32 Å². The van der Waals surface area contributed by atoms with Crippen LogP contribution in [-0.4, -0.2) is 58.6 Å². The predicted octanol–water partition coefficient (Wildman–Crippen LogP) is -0.0497. The van der Waals surface area contributed by atoms with Gasteiger partial charge in [0.2, 0.25) is 0 Å². The van der Waals surface area contributed by atoms with Crippen molar-refractivity contribution in [3.63, 3.8) is 0 Å². The summed E-state index contributed by atoms with van der Waals surface area (Å²) in [6.45, 7) is 2.20. The topological polar surface area (TPSA) is 69.2 Å². The number of quaternary nitrogens is 2. The van der Waals surface area contributed by atoms with Gasteiger partial charge in [0.25, 0.3) is 0 Å². The van der Waals surface area contributed by atoms with Gasteiger partial charge in [0, 0.05) is 11.1 Å². The van der Waals surface area contributed by atoms with Crippen LogP contribution in [0.3, 0.4) is 0 Å². The van der Waals surface area contributed by atoms with Crippen LogP contribution in [0.4, 0.5) is 0 Å². The van der Waals surface area contributed by atoms with Gasteiger partial charge in [-0.05, 0) is 0 Å². The van der Waals surface area contributed by atoms with Crippen LogP contribution in [0.25, 0.3) is 0 Å². The summed E-state index contributed by atoms with van der Waals surface area (Å²) in [6, 6.07) is 21.1. The molecule has 0 aromatic heterocycles. The summed E-state index contributed by atoms with van der Waals surface area (Å²) in [5.74, 6) is 0. The maximum atomic E-state index is 8.42. The molecular weight excluding hydrogens is 327 g/mol. The third-order valence-electron chi connectivity index (χ3n) is 3.00. The molecule has 0 N–H and O–H groups in total. The quantitative estimate of drug-likeness (QED) is 0.567. The Kier molecular flexibility index (Phi) is 11.1. The van der Waals surface area contributed by atoms with E-state index in [9.17, 15) is 0 Å². The average Bonchev–Trinajstić information content (AvgIpc) is 2.46. The zero-order chi connectivity index (χ0) is 20.2. The van der Waals surface area contributed by atoms with Crippen LogP contribution in [0.1, 0.15) is 12.6 Å². The molecule has 0 saturated heterocycles. The Morgan fingerprint density at radius 1 is 0.615 bits per heavy atom. The van der Waals surface area contributed by atoms with Crippen molar-refractivity contribution >= 4 is 7.32 Å². The van der Waals surface area contributed by atoms with Gasteiger partial charge in [-0.25, -0.2) is 0 Å². The summed E-state index contributed by atoms with van der Waals surface area (Å²) in [5.41, 5.74) is 2.81. The van der Waals surface area contributed by atoms with Gasteiger partial charge >= 0.3 is 1.43 Å². The zero-order valence-corrected chi connectivity index (χ0v) is 16.9. The van der Waals surface area contributed by atoms with Crippen molar-refractivity contribution in [3.05, 3.63) is 71.8 Å². The first-order chi connectivity index (χ1) is 11.9. The first-order valence-corrected chi connectivity index (χ1v) is 8.55. The molecule has 144 valence electrons. The molecule has 0 atom stereocenters. The summed E-state index contributed by atoms with van der Waals surface area (Å²) in [6.07, 6.45) is 0. The first kappa shape index (κ1) is 24.3. The van der Waals surface area contributed by atoms with Crippen molar-refractivity contribution in [1.82, 2.24) is 0 Å². The summed E-state index contributed by atoms with van der Waals surface area (Å²) in [7, 11) is 10.3. The van der Waals surface area contributed by atoms with Crippen molar-refractivity contribution in [2.24, 2.45) is 0 Å². The van der Waals surface area contributed by atoms with Gasteiger partial charge in [-0.1, -0.05) is 60.7 Å². The van der Waals surface area contributed by atoms with Crippen molar-refractivity contribution in [1.29, 1.82) is 0 Å². The van der Waals surface area contributed by atoms with Crippen LogP contribution < -0.4 is 15.1 Å². The molecule has 0 spiro atoms. The molecule has 26 heavy (non-hydrogen) atoms. The van der Waals surface area contributed by atoms with E-state index in [0.717, 1.165) is 22.1 Å². The number of hydrogen-bond donors (Lipinski definition) is 0. The monoisotopic (exact) mass is 360 g/mol. The number of benzene rings is 2. The van der Waals surface area contributed by atoms with Gasteiger partial charge in [0.05, 0.1) is 42.3 Å². The molecule has 0 heterocycles. The molecule has 0 aliphatic rings. The smallest absolute Gasteiger partial charge is 0.907 e. The van der Waals surface area contributed by atoms with E-state index in [1.165, 1.54) is 11.1 Å². The van der Waals surface area contributed by atoms with Gasteiger partial charge in [0.1, 0.15) is 13.1 Å². The van der Waals surface area contributed by atoms with E-state index in [1.54, 1.807) is 0 Å². The molecule has 0 fully saturated rings. The third-order valence-corrected chi connectivity index (χ3v) is 3.00. The molecule has 0 radical (unpaired) electrons. The second-order valence-electron chi connectivity index (χ2n) is 8.16. The van der Waals surface area contributed by atoms with E-state index in [4.69, 9.17) is 15.1 Å². The molecule has 0 aliphatic heterocycles. The highest BCUT2D eigenvalue weighted by atomic mass is 16.5. The second kappa shape index (κ2) is 11.8. The maximum absolute atomic E-state index is 8.42. The molecule has 0 aliphatic carbocycles. The van der Waals surface area contributed by atoms with Crippen LogP contribution in [0.15, 0.2) is 60.7 Å². The van der Waals surface area contributed by atoms with Crippen LogP contribution in [0, 0.1) is 0 Å². The highest BCUT2D eigenvalue weighted by Crippen LogP contribution is 2.05. The minimum absolute atomic E-state index is 0. The van der Waals surface area contributed by atoms with Crippen LogP contribution >= 0.6 is 0 Å². The van der Waals surface area contributed by atoms with E-state index in [-0.39, 0.29) is 1.43 Å². The molecular formula is C20H33BN2O3. The normalized spacial score (nSPS) is 10.8. The summed E-state index contributed by atoms with van der Waals surface area (Å²) in [5, 5.41) is 25.2. The van der Waals surface area contributed by atoms with Crippen LogP contribution in [0.2, 0.25) is 0 Å². The molecule has 0 unspecified atom stereocenters. The lowest BCUT2D eigenvalue weighted by atomic mass is 10.2. The predicted molar refractivity (Wildman–Crippen MR) is 103 cm³/mol. The van der Waals surface area contributed by atoms with Gasteiger partial charge in [0.15, 0.2) is 0 Å². The Morgan fingerprint density at radius 3 is 1.04 bits per heavy atom. The Labute approximate surface area is 160 Å². The van der Waals surface area contributed by atoms with E-state index in [2.05, 4.69) is 103 Å². The summed E-state index contributed by atoms with van der Waals surface area (Å²) < 4.78 is 1.98. The Hall–Kier alpha value is -1.70. The third kappa shape index (κ3) is 17.1. The molecule has 2 rings (SSSR count). The number of hydrogen-bond acceptors (Lipinski definition) is 3. The second-order valence-corrected chi connectivity index (χ2v) is 8.16. The molecule has 5 nitrogen and oxygen atoms in total. The minimum atomic E-state index is -2.92. The lowest BCUT2D eigenvalue weighted by Crippen LogP contribution is -2.56. The highest BCUT2D eigenvalue weighted by molar-refractivity contribution is 6.24. The standard InChI is InChI=1S/2C10H16N.BO3/c2*1-11(2,3)9-10-7-5-4-6-8-10;2-1(3)4/h2*4-8H,9H2,1-3H3;/q2*+1;-3/p+1. The lowest BCUT2D eigenvalue weighted by Gasteiger charge is -2.35. The maximum Gasteiger partial charge on any atom is 1.00 e. The van der Waals surface area contributed by atoms with E-state index in [1.807, 2.05) is 0 Å². The van der Waals surface area contributed by atoms with Gasteiger partial charge in [-0.2, -0.15) is 0 Å². The van der Waals surface area contributed by atoms with Gasteiger partial charge < -0.3 is 24.0 Å². The fraction of sp³-hybridized carbons (Fsp3) is 0.400. The van der Waals surface area contributed by atoms with Crippen molar-refractivity contribution in [2.45, 2.75) is 13.1 Å². The van der Waals surface area contributed by atoms with E-state index >= 15 is 0 Å². The molecule has 2 aromatic rings. The number of rotatable bonds is 4. The average molecular weight is 360 g/mol. The Bertz CT molecular complexity index is 531. The Balaban J connectivity index is 0. The Morgan fingerprint density at radius 2 is 0.846 bits per heavy atom. The molecule has 2 aromatic carbocycles. The molecule has 6 heteroatoms. The molecule has 0 saturated carbocycles. The number of nitrogens with zero attached hydrogens (tertiary/aromatic N) is 2. The highest BCUT2D eigenvalue weighted by Gasteiger charge is 2.07. The molecule has 0 amide bonds. The largest absolute Gasteiger partial charge is 1.00 e. The first-order valence-electron chi connectivity index (χ1n) is 8.55. The fourth-order valence-electron chi connectivity index (χ4n) is 2.26. The fourth-order valence-corrected chi connectivity index (χ4v) is 2.26. The molecule has 0 bridgehead atoms. The van der Waals surface area contributed by atoms with Gasteiger partial charge in [-0.15, -0.1) is 0 Å². The van der Waals surface area contributed by atoms with Crippen molar-refractivity contribution in [3.8, 4) is 0 Å². The SMILES string of the molecule is C[N+](C)(C)Cc1ccccc1.C[N+](C)(C)Cc1ccccc1.[H+].[O-]B([O-])[O-]. The van der Waals surface area contributed by atoms with Crippen LogP contribution in [-0.2, 0) is 13.1 Å². The van der Waals surface area contributed by atoms with E-state index in [0.29, 0.717) is 0 Å². The van der Waals surface area contributed by atoms with Crippen LogP contribution in [0.5, 0.6) is 0 Å². The zero-order valence-electron chi connectivity index (χ0n) is 17.9. The van der Waals surface area contributed by atoms with Crippen molar-refractivity contribution < 1.29 is 25.5 Å². The van der Waals surface area contributed by atoms with E-state index < -0.39 is 7.32 Å².